The van der Waals surface area contributed by atoms with Crippen LogP contribution in [0.4, 0.5) is 5.69 Å². The van der Waals surface area contributed by atoms with Crippen LogP contribution in [0.2, 0.25) is 0 Å². The third-order valence-electron chi connectivity index (χ3n) is 5.46. The van der Waals surface area contributed by atoms with Gasteiger partial charge in [0, 0.05) is 30.6 Å². The van der Waals surface area contributed by atoms with E-state index in [0.29, 0.717) is 41.7 Å². The molecule has 1 amide bonds. The van der Waals surface area contributed by atoms with E-state index >= 15 is 0 Å². The maximum atomic E-state index is 12.7. The van der Waals surface area contributed by atoms with Crippen molar-refractivity contribution < 1.29 is 9.90 Å². The van der Waals surface area contributed by atoms with Crippen molar-refractivity contribution in [3.05, 3.63) is 59.8 Å². The Kier molecular flexibility index (Phi) is 5.85. The van der Waals surface area contributed by atoms with Gasteiger partial charge in [-0.25, -0.2) is 0 Å². The minimum Gasteiger partial charge on any atom is -0.396 e. The Bertz CT molecular complexity index is 1080. The van der Waals surface area contributed by atoms with E-state index in [1.54, 1.807) is 30.5 Å². The quantitative estimate of drug-likeness (QED) is 0.344. The highest BCUT2D eigenvalue weighted by atomic mass is 16.3. The summed E-state index contributed by atoms with van der Waals surface area (Å²) in [6.07, 6.45) is 3.25. The first-order valence-electron chi connectivity index (χ1n) is 9.95. The Morgan fingerprint density at radius 3 is 2.63 bits per heavy atom. The van der Waals surface area contributed by atoms with E-state index in [0.717, 1.165) is 23.7 Å². The summed E-state index contributed by atoms with van der Waals surface area (Å²) in [5.41, 5.74) is 3.30. The minimum absolute atomic E-state index is 0.00845. The average Bonchev–Trinajstić information content (AvgIpc) is 3.24. The van der Waals surface area contributed by atoms with Crippen LogP contribution in [0, 0.1) is 5.92 Å². The number of nitrogens with one attached hydrogen (secondary N) is 1. The molecule has 1 aliphatic heterocycles. The van der Waals surface area contributed by atoms with E-state index in [9.17, 15) is 9.90 Å². The fraction of sp³-hybridized carbons (Fsp3) is 0.273. The van der Waals surface area contributed by atoms with Crippen LogP contribution in [0.1, 0.15) is 28.9 Å². The highest BCUT2D eigenvalue weighted by Crippen LogP contribution is 2.20. The van der Waals surface area contributed by atoms with Gasteiger partial charge >= 0.3 is 0 Å². The second-order valence-corrected chi connectivity index (χ2v) is 7.36. The number of hydrogen-bond donors (Lipinski definition) is 3. The fourth-order valence-corrected chi connectivity index (χ4v) is 3.64. The largest absolute Gasteiger partial charge is 0.396 e. The van der Waals surface area contributed by atoms with Crippen molar-refractivity contribution in [2.75, 3.05) is 19.7 Å². The van der Waals surface area contributed by atoms with Crippen LogP contribution in [0.15, 0.2) is 58.6 Å². The van der Waals surface area contributed by atoms with Gasteiger partial charge in [-0.2, -0.15) is 10.2 Å². The number of aromatic nitrogens is 2. The van der Waals surface area contributed by atoms with Gasteiger partial charge in [0.15, 0.2) is 0 Å². The van der Waals surface area contributed by atoms with E-state index < -0.39 is 0 Å². The minimum atomic E-state index is 0.00845. The molecule has 0 unspecified atom stereocenters. The molecule has 0 atom stereocenters. The molecular formula is C22H24N6O2. The van der Waals surface area contributed by atoms with Crippen molar-refractivity contribution in [3.8, 4) is 0 Å². The van der Waals surface area contributed by atoms with Crippen molar-refractivity contribution in [3.63, 3.8) is 0 Å². The number of aliphatic imine (C=N–C) groups is 1. The van der Waals surface area contributed by atoms with Crippen LogP contribution in [0.3, 0.4) is 0 Å². The number of likely N-dealkylation sites (tertiary alicyclic amines) is 1. The molecule has 3 aromatic rings. The summed E-state index contributed by atoms with van der Waals surface area (Å²) < 4.78 is 0. The average molecular weight is 404 g/mol. The molecule has 2 aromatic carbocycles. The van der Waals surface area contributed by atoms with Gasteiger partial charge in [0.2, 0.25) is 0 Å². The molecule has 0 saturated carbocycles. The number of nitrogens with zero attached hydrogens (tertiary/aromatic N) is 4. The third-order valence-corrected chi connectivity index (χ3v) is 5.46. The standard InChI is InChI=1S/C22H24N6O2/c23-25-20(21-18-3-1-2-4-19(18)26-27-21)13-24-17-7-5-16(6-8-17)22(30)28-11-9-15(14-29)10-12-28/h1-8,13,15,29H,9-12,14,23H2,(H,26,27). The maximum Gasteiger partial charge on any atom is 0.253 e. The van der Waals surface area contributed by atoms with Crippen LogP contribution >= 0.6 is 0 Å². The molecule has 0 spiro atoms. The summed E-state index contributed by atoms with van der Waals surface area (Å²) in [5.74, 6) is 5.87. The number of hydrogen-bond acceptors (Lipinski definition) is 6. The number of rotatable bonds is 5. The Morgan fingerprint density at radius 2 is 1.93 bits per heavy atom. The number of carbonyl (C=O) groups is 1. The summed E-state index contributed by atoms with van der Waals surface area (Å²) >= 11 is 0. The van der Waals surface area contributed by atoms with E-state index in [1.165, 1.54) is 0 Å². The first-order valence-corrected chi connectivity index (χ1v) is 9.95. The molecule has 0 bridgehead atoms. The molecule has 1 fully saturated rings. The lowest BCUT2D eigenvalue weighted by molar-refractivity contribution is 0.0651. The van der Waals surface area contributed by atoms with Crippen molar-refractivity contribution in [1.82, 2.24) is 15.1 Å². The predicted molar refractivity (Wildman–Crippen MR) is 117 cm³/mol. The monoisotopic (exact) mass is 404 g/mol. The molecule has 1 saturated heterocycles. The molecule has 1 aromatic heterocycles. The maximum absolute atomic E-state index is 12.7. The van der Waals surface area contributed by atoms with Gasteiger partial charge in [0.05, 0.1) is 17.4 Å². The topological polar surface area (TPSA) is 120 Å². The summed E-state index contributed by atoms with van der Waals surface area (Å²) in [5, 5.41) is 21.2. The van der Waals surface area contributed by atoms with Gasteiger partial charge in [-0.3, -0.25) is 14.9 Å². The van der Waals surface area contributed by atoms with Gasteiger partial charge in [-0.1, -0.05) is 18.2 Å². The zero-order valence-corrected chi connectivity index (χ0v) is 16.5. The number of aliphatic hydroxyl groups excluding tert-OH is 1. The van der Waals surface area contributed by atoms with E-state index in [4.69, 9.17) is 5.84 Å². The number of fused-ring (bicyclic) bond motifs is 1. The number of aromatic amines is 1. The lowest BCUT2D eigenvalue weighted by Gasteiger charge is -2.31. The number of nitrogens with two attached hydrogens (primary N) is 1. The summed E-state index contributed by atoms with van der Waals surface area (Å²) in [6.45, 7) is 1.55. The van der Waals surface area contributed by atoms with Gasteiger partial charge in [-0.05, 0) is 49.1 Å². The number of para-hydroxylation sites is 1. The number of benzene rings is 2. The number of amides is 1. The van der Waals surface area contributed by atoms with Gasteiger partial charge < -0.3 is 15.8 Å². The highest BCUT2D eigenvalue weighted by Gasteiger charge is 2.23. The third kappa shape index (κ3) is 4.08. The molecule has 4 rings (SSSR count). The summed E-state index contributed by atoms with van der Waals surface area (Å²) in [7, 11) is 0. The van der Waals surface area contributed by atoms with Gasteiger partial charge in [0.1, 0.15) is 11.4 Å². The van der Waals surface area contributed by atoms with Crippen LogP contribution in [-0.4, -0.2) is 57.7 Å². The Balaban J connectivity index is 1.45. The molecule has 154 valence electrons. The molecule has 8 heteroatoms. The first-order chi connectivity index (χ1) is 14.7. The first kappa shape index (κ1) is 19.8. The Morgan fingerprint density at radius 1 is 1.20 bits per heavy atom. The van der Waals surface area contributed by atoms with Crippen molar-refractivity contribution in [2.24, 2.45) is 21.9 Å². The Labute approximate surface area is 174 Å². The van der Waals surface area contributed by atoms with E-state index in [2.05, 4.69) is 20.3 Å². The lowest BCUT2D eigenvalue weighted by atomic mass is 9.97. The molecule has 8 nitrogen and oxygen atoms in total. The molecule has 30 heavy (non-hydrogen) atoms. The molecule has 0 radical (unpaired) electrons. The van der Waals surface area contributed by atoms with E-state index in [1.807, 2.05) is 29.2 Å². The molecule has 2 heterocycles. The van der Waals surface area contributed by atoms with Crippen molar-refractivity contribution in [2.45, 2.75) is 12.8 Å². The number of aliphatic hydroxyl groups is 1. The number of hydrazone groups is 1. The molecule has 1 aliphatic rings. The molecular weight excluding hydrogens is 380 g/mol. The molecule has 0 aliphatic carbocycles. The van der Waals surface area contributed by atoms with Gasteiger partial charge in [0.25, 0.3) is 5.91 Å². The van der Waals surface area contributed by atoms with E-state index in [-0.39, 0.29) is 12.5 Å². The van der Waals surface area contributed by atoms with Crippen LogP contribution in [-0.2, 0) is 0 Å². The highest BCUT2D eigenvalue weighted by molar-refractivity contribution is 6.40. The smallest absolute Gasteiger partial charge is 0.253 e. The number of H-pyrrole nitrogens is 1. The number of carbonyl (C=O) groups excluding carboxylic acids is 1. The summed E-state index contributed by atoms with van der Waals surface area (Å²) in [4.78, 5) is 18.9. The normalized spacial score (nSPS) is 15.9. The Hall–Kier alpha value is -3.52. The second kappa shape index (κ2) is 8.87. The zero-order valence-electron chi connectivity index (χ0n) is 16.5. The van der Waals surface area contributed by atoms with Crippen LogP contribution in [0.5, 0.6) is 0 Å². The molecule has 4 N–H and O–H groups in total. The number of piperidine rings is 1. The van der Waals surface area contributed by atoms with Crippen molar-refractivity contribution in [1.29, 1.82) is 0 Å². The van der Waals surface area contributed by atoms with Crippen molar-refractivity contribution >= 4 is 34.4 Å². The van der Waals surface area contributed by atoms with Gasteiger partial charge in [-0.15, -0.1) is 0 Å². The predicted octanol–water partition coefficient (Wildman–Crippen LogP) is 2.47. The van der Waals surface area contributed by atoms with Crippen LogP contribution in [0.25, 0.3) is 10.9 Å². The fourth-order valence-electron chi connectivity index (χ4n) is 3.64. The summed E-state index contributed by atoms with van der Waals surface area (Å²) in [6, 6.07) is 14.9. The second-order valence-electron chi connectivity index (χ2n) is 7.36. The lowest BCUT2D eigenvalue weighted by Crippen LogP contribution is -2.39. The zero-order chi connectivity index (χ0) is 20.9. The SMILES string of the molecule is NN=C(C=Nc1ccc(C(=O)N2CCC(CO)CC2)cc1)c1n[nH]c2ccccc12. The van der Waals surface area contributed by atoms with Crippen LogP contribution < -0.4 is 5.84 Å².